The van der Waals surface area contributed by atoms with E-state index in [1.54, 1.807) is 19.1 Å². The minimum absolute atomic E-state index is 0.245. The van der Waals surface area contributed by atoms with Gasteiger partial charge in [-0.3, -0.25) is 4.98 Å². The number of rotatable bonds is 3. The van der Waals surface area contributed by atoms with Crippen LogP contribution in [0.5, 0.6) is 0 Å². The summed E-state index contributed by atoms with van der Waals surface area (Å²) >= 11 is 5.91. The van der Waals surface area contributed by atoms with Crippen LogP contribution in [-0.2, 0) is 21.4 Å². The highest BCUT2D eigenvalue weighted by molar-refractivity contribution is 6.30. The SMILES string of the molecule is CCOC(=O)C1(C#N)CCc2ccc(-c3ccc(Cl)cc3)nc21. The van der Waals surface area contributed by atoms with Gasteiger partial charge in [-0.1, -0.05) is 29.8 Å². The van der Waals surface area contributed by atoms with E-state index in [4.69, 9.17) is 16.3 Å². The van der Waals surface area contributed by atoms with Gasteiger partial charge >= 0.3 is 5.97 Å². The lowest BCUT2D eigenvalue weighted by Gasteiger charge is -2.19. The van der Waals surface area contributed by atoms with Gasteiger partial charge in [0.1, 0.15) is 0 Å². The second-order valence-electron chi connectivity index (χ2n) is 5.45. The molecule has 0 amide bonds. The molecular weight excluding hydrogens is 312 g/mol. The second-order valence-corrected chi connectivity index (χ2v) is 5.89. The van der Waals surface area contributed by atoms with Gasteiger partial charge in [0, 0.05) is 10.6 Å². The van der Waals surface area contributed by atoms with Crippen molar-refractivity contribution in [1.82, 2.24) is 4.98 Å². The fourth-order valence-corrected chi connectivity index (χ4v) is 3.01. The van der Waals surface area contributed by atoms with E-state index in [1.165, 1.54) is 0 Å². The van der Waals surface area contributed by atoms with E-state index in [1.807, 2.05) is 24.3 Å². The minimum atomic E-state index is -1.30. The van der Waals surface area contributed by atoms with Crippen LogP contribution >= 0.6 is 11.6 Å². The van der Waals surface area contributed by atoms with Crippen molar-refractivity contribution < 1.29 is 9.53 Å². The molecule has 0 aliphatic heterocycles. The summed E-state index contributed by atoms with van der Waals surface area (Å²) < 4.78 is 5.12. The predicted octanol–water partition coefficient (Wildman–Crippen LogP) is 3.67. The Bertz CT molecular complexity index is 796. The van der Waals surface area contributed by atoms with E-state index < -0.39 is 11.4 Å². The summed E-state index contributed by atoms with van der Waals surface area (Å²) in [6, 6.07) is 13.3. The summed E-state index contributed by atoms with van der Waals surface area (Å²) in [6.07, 6.45) is 1.06. The number of hydrogen-bond donors (Lipinski definition) is 0. The summed E-state index contributed by atoms with van der Waals surface area (Å²) in [6.45, 7) is 1.98. The van der Waals surface area contributed by atoms with Crippen molar-refractivity contribution in [2.24, 2.45) is 0 Å². The van der Waals surface area contributed by atoms with Gasteiger partial charge in [-0.25, -0.2) is 4.79 Å². The normalized spacial score (nSPS) is 19.0. The van der Waals surface area contributed by atoms with Gasteiger partial charge in [-0.2, -0.15) is 5.26 Å². The van der Waals surface area contributed by atoms with Crippen LogP contribution in [0.15, 0.2) is 36.4 Å². The number of aromatic nitrogens is 1. The average Bonchev–Trinajstić information content (AvgIpc) is 2.95. The molecule has 0 N–H and O–H groups in total. The molecule has 23 heavy (non-hydrogen) atoms. The largest absolute Gasteiger partial charge is 0.465 e. The Kier molecular flexibility index (Phi) is 4.06. The van der Waals surface area contributed by atoms with E-state index in [-0.39, 0.29) is 6.61 Å². The lowest BCUT2D eigenvalue weighted by atomic mass is 9.86. The Morgan fingerprint density at radius 3 is 2.74 bits per heavy atom. The molecule has 1 atom stereocenters. The third kappa shape index (κ3) is 2.58. The van der Waals surface area contributed by atoms with Gasteiger partial charge < -0.3 is 4.74 Å². The molecule has 0 bridgehead atoms. The number of nitrogens with zero attached hydrogens (tertiary/aromatic N) is 2. The van der Waals surface area contributed by atoms with E-state index in [0.29, 0.717) is 29.3 Å². The van der Waals surface area contributed by atoms with Crippen molar-refractivity contribution in [2.45, 2.75) is 25.2 Å². The fourth-order valence-electron chi connectivity index (χ4n) is 2.89. The maximum Gasteiger partial charge on any atom is 0.332 e. The second kappa shape index (κ2) is 6.02. The average molecular weight is 327 g/mol. The maximum absolute atomic E-state index is 12.4. The number of halogens is 1. The highest BCUT2D eigenvalue weighted by atomic mass is 35.5. The molecule has 1 aliphatic rings. The molecule has 0 radical (unpaired) electrons. The zero-order chi connectivity index (χ0) is 16.4. The quantitative estimate of drug-likeness (QED) is 0.807. The molecule has 0 saturated carbocycles. The van der Waals surface area contributed by atoms with Crippen molar-refractivity contribution in [3.05, 3.63) is 52.7 Å². The number of ether oxygens (including phenoxy) is 1. The molecule has 3 rings (SSSR count). The third-order valence-corrected chi connectivity index (χ3v) is 4.36. The maximum atomic E-state index is 12.4. The first-order valence-corrected chi connectivity index (χ1v) is 7.83. The number of benzene rings is 1. The molecule has 0 fully saturated rings. The van der Waals surface area contributed by atoms with Crippen LogP contribution in [0, 0.1) is 11.3 Å². The van der Waals surface area contributed by atoms with E-state index >= 15 is 0 Å². The van der Waals surface area contributed by atoms with E-state index in [9.17, 15) is 10.1 Å². The van der Waals surface area contributed by atoms with Gasteiger partial charge in [-0.15, -0.1) is 0 Å². The molecule has 116 valence electrons. The van der Waals surface area contributed by atoms with Crippen molar-refractivity contribution >= 4 is 17.6 Å². The molecule has 2 aromatic rings. The van der Waals surface area contributed by atoms with Gasteiger partial charge in [0.25, 0.3) is 0 Å². The number of aryl methyl sites for hydroxylation is 1. The van der Waals surface area contributed by atoms with E-state index in [0.717, 1.165) is 11.1 Å². The van der Waals surface area contributed by atoms with Crippen molar-refractivity contribution in [2.75, 3.05) is 6.61 Å². The van der Waals surface area contributed by atoms with Crippen LogP contribution in [0.1, 0.15) is 24.6 Å². The zero-order valence-corrected chi connectivity index (χ0v) is 13.4. The van der Waals surface area contributed by atoms with Gasteiger partial charge in [0.15, 0.2) is 5.41 Å². The highest BCUT2D eigenvalue weighted by Gasteiger charge is 2.49. The van der Waals surface area contributed by atoms with Crippen LogP contribution in [0.3, 0.4) is 0 Å². The van der Waals surface area contributed by atoms with Crippen LogP contribution in [0.2, 0.25) is 5.02 Å². The van der Waals surface area contributed by atoms with Crippen LogP contribution < -0.4 is 0 Å². The summed E-state index contributed by atoms with van der Waals surface area (Å²) in [7, 11) is 0. The summed E-state index contributed by atoms with van der Waals surface area (Å²) in [5, 5.41) is 10.3. The lowest BCUT2D eigenvalue weighted by molar-refractivity contribution is -0.147. The summed E-state index contributed by atoms with van der Waals surface area (Å²) in [4.78, 5) is 17.0. The monoisotopic (exact) mass is 326 g/mol. The summed E-state index contributed by atoms with van der Waals surface area (Å²) in [5.41, 5.74) is 1.75. The molecule has 1 heterocycles. The minimum Gasteiger partial charge on any atom is -0.465 e. The molecule has 1 aliphatic carbocycles. The summed E-state index contributed by atoms with van der Waals surface area (Å²) in [5.74, 6) is -0.512. The Balaban J connectivity index is 2.08. The van der Waals surface area contributed by atoms with Crippen molar-refractivity contribution in [3.8, 4) is 17.3 Å². The van der Waals surface area contributed by atoms with Crippen molar-refractivity contribution in [1.29, 1.82) is 5.26 Å². The number of fused-ring (bicyclic) bond motifs is 1. The topological polar surface area (TPSA) is 63.0 Å². The first-order valence-electron chi connectivity index (χ1n) is 7.45. The number of esters is 1. The van der Waals surface area contributed by atoms with Crippen LogP contribution in [0.4, 0.5) is 0 Å². The van der Waals surface area contributed by atoms with Gasteiger partial charge in [0.2, 0.25) is 0 Å². The fraction of sp³-hybridized carbons (Fsp3) is 0.278. The Morgan fingerprint density at radius 1 is 1.35 bits per heavy atom. The van der Waals surface area contributed by atoms with Crippen molar-refractivity contribution in [3.63, 3.8) is 0 Å². The van der Waals surface area contributed by atoms with E-state index in [2.05, 4.69) is 11.1 Å². The molecule has 0 saturated heterocycles. The number of nitriles is 1. The zero-order valence-electron chi connectivity index (χ0n) is 12.7. The van der Waals surface area contributed by atoms with Gasteiger partial charge in [0.05, 0.1) is 24.1 Å². The number of pyridine rings is 1. The number of hydrogen-bond acceptors (Lipinski definition) is 4. The standard InChI is InChI=1S/C18H15ClN2O2/c1-2-23-17(22)18(11-20)10-9-13-5-8-15(21-16(13)18)12-3-6-14(19)7-4-12/h3-8H,2,9-10H2,1H3. The number of carbonyl (C=O) groups is 1. The first-order chi connectivity index (χ1) is 11.1. The molecule has 1 unspecified atom stereocenters. The molecule has 4 nitrogen and oxygen atoms in total. The molecular formula is C18H15ClN2O2. The first kappa shape index (κ1) is 15.5. The highest BCUT2D eigenvalue weighted by Crippen LogP contribution is 2.39. The molecule has 0 spiro atoms. The molecule has 1 aromatic carbocycles. The Morgan fingerprint density at radius 2 is 2.09 bits per heavy atom. The Hall–Kier alpha value is -2.38. The smallest absolute Gasteiger partial charge is 0.332 e. The predicted molar refractivity (Wildman–Crippen MR) is 86.9 cm³/mol. The van der Waals surface area contributed by atoms with Crippen LogP contribution in [-0.4, -0.2) is 17.6 Å². The Labute approximate surface area is 139 Å². The third-order valence-electron chi connectivity index (χ3n) is 4.11. The molecule has 1 aromatic heterocycles. The van der Waals surface area contributed by atoms with Crippen LogP contribution in [0.25, 0.3) is 11.3 Å². The molecule has 5 heteroatoms. The number of carbonyl (C=O) groups excluding carboxylic acids is 1. The lowest BCUT2D eigenvalue weighted by Crippen LogP contribution is -2.34. The van der Waals surface area contributed by atoms with Gasteiger partial charge in [-0.05, 0) is 43.5 Å².